The van der Waals surface area contributed by atoms with E-state index in [4.69, 9.17) is 4.74 Å². The van der Waals surface area contributed by atoms with Crippen molar-refractivity contribution in [3.8, 4) is 0 Å². The van der Waals surface area contributed by atoms with Crippen molar-refractivity contribution in [2.24, 2.45) is 11.3 Å². The Morgan fingerprint density at radius 2 is 2.00 bits per heavy atom. The van der Waals surface area contributed by atoms with Crippen LogP contribution in [0.25, 0.3) is 0 Å². The molecule has 0 bridgehead atoms. The molecule has 0 saturated heterocycles. The third kappa shape index (κ3) is 4.19. The average Bonchev–Trinajstić information content (AvgIpc) is 2.13. The zero-order chi connectivity index (χ0) is 14.0. The number of ether oxygens (including phenoxy) is 2. The van der Waals surface area contributed by atoms with E-state index < -0.39 is 18.2 Å². The van der Waals surface area contributed by atoms with E-state index in [0.29, 0.717) is 18.8 Å². The smallest absolute Gasteiger partial charge is 0.456 e. The number of carbonyl (C=O) groups is 1. The molecule has 18 heavy (non-hydrogen) atoms. The highest BCUT2D eigenvalue weighted by molar-refractivity contribution is 5.75. The standard InChI is InChI=1S/C13H22F2O3/c1-5-17-11(16)13(14,15)18-10-6-9(2)7-12(3,4)8-10/h9-10H,5-8H2,1-4H3. The highest BCUT2D eigenvalue weighted by Crippen LogP contribution is 2.41. The van der Waals surface area contributed by atoms with E-state index >= 15 is 0 Å². The summed E-state index contributed by atoms with van der Waals surface area (Å²) in [6, 6.07) is 0. The first-order chi connectivity index (χ1) is 8.16. The van der Waals surface area contributed by atoms with E-state index in [-0.39, 0.29) is 12.0 Å². The molecule has 0 aliphatic heterocycles. The highest BCUT2D eigenvalue weighted by atomic mass is 19.3. The van der Waals surface area contributed by atoms with E-state index in [1.54, 1.807) is 0 Å². The molecular weight excluding hydrogens is 242 g/mol. The summed E-state index contributed by atoms with van der Waals surface area (Å²) in [6.07, 6.45) is -2.36. The Kier molecular flexibility index (Phi) is 4.70. The van der Waals surface area contributed by atoms with Gasteiger partial charge in [0.1, 0.15) is 0 Å². The fraction of sp³-hybridized carbons (Fsp3) is 0.923. The summed E-state index contributed by atoms with van der Waals surface area (Å²) >= 11 is 0. The van der Waals surface area contributed by atoms with E-state index in [9.17, 15) is 13.6 Å². The third-order valence-electron chi connectivity index (χ3n) is 3.17. The van der Waals surface area contributed by atoms with Crippen LogP contribution in [0.1, 0.15) is 47.0 Å². The van der Waals surface area contributed by atoms with Gasteiger partial charge in [0.2, 0.25) is 0 Å². The zero-order valence-corrected chi connectivity index (χ0v) is 11.5. The van der Waals surface area contributed by atoms with Gasteiger partial charge in [-0.2, -0.15) is 8.78 Å². The first-order valence-corrected chi connectivity index (χ1v) is 6.39. The molecule has 0 heterocycles. The molecular formula is C13H22F2O3. The lowest BCUT2D eigenvalue weighted by Crippen LogP contribution is -2.42. The SMILES string of the molecule is CCOC(=O)C(F)(F)OC1CC(C)CC(C)(C)C1. The number of hydrogen-bond acceptors (Lipinski definition) is 3. The summed E-state index contributed by atoms with van der Waals surface area (Å²) in [7, 11) is 0. The molecule has 1 rings (SSSR count). The minimum atomic E-state index is -3.84. The zero-order valence-electron chi connectivity index (χ0n) is 11.5. The predicted molar refractivity (Wildman–Crippen MR) is 63.2 cm³/mol. The molecule has 1 aliphatic carbocycles. The maximum Gasteiger partial charge on any atom is 0.456 e. The Morgan fingerprint density at radius 1 is 1.39 bits per heavy atom. The van der Waals surface area contributed by atoms with Crippen LogP contribution in [0.5, 0.6) is 0 Å². The lowest BCUT2D eigenvalue weighted by atomic mass is 9.71. The second-order valence-corrected chi connectivity index (χ2v) is 5.89. The van der Waals surface area contributed by atoms with Crippen LogP contribution < -0.4 is 0 Å². The maximum absolute atomic E-state index is 13.5. The Bertz CT molecular complexity index is 303. The Balaban J connectivity index is 2.63. The van der Waals surface area contributed by atoms with Gasteiger partial charge in [-0.1, -0.05) is 20.8 Å². The van der Waals surface area contributed by atoms with E-state index in [0.717, 1.165) is 6.42 Å². The topological polar surface area (TPSA) is 35.5 Å². The van der Waals surface area contributed by atoms with Crippen LogP contribution in [0, 0.1) is 11.3 Å². The number of carbonyl (C=O) groups excluding carboxylic acids is 1. The second-order valence-electron chi connectivity index (χ2n) is 5.89. The lowest BCUT2D eigenvalue weighted by molar-refractivity contribution is -0.274. The van der Waals surface area contributed by atoms with Crippen LogP contribution in [0.3, 0.4) is 0 Å². The molecule has 2 atom stereocenters. The van der Waals surface area contributed by atoms with Gasteiger partial charge in [0.05, 0.1) is 12.7 Å². The molecule has 1 fully saturated rings. The van der Waals surface area contributed by atoms with Crippen molar-refractivity contribution in [3.05, 3.63) is 0 Å². The molecule has 106 valence electrons. The van der Waals surface area contributed by atoms with Crippen molar-refractivity contribution in [2.75, 3.05) is 6.61 Å². The quantitative estimate of drug-likeness (QED) is 0.730. The molecule has 0 N–H and O–H groups in total. The summed E-state index contributed by atoms with van der Waals surface area (Å²) in [4.78, 5) is 11.1. The number of esters is 1. The van der Waals surface area contributed by atoms with E-state index in [1.165, 1.54) is 6.92 Å². The van der Waals surface area contributed by atoms with Crippen LogP contribution in [0.15, 0.2) is 0 Å². The van der Waals surface area contributed by atoms with Crippen LogP contribution >= 0.6 is 0 Å². The van der Waals surface area contributed by atoms with Gasteiger partial charge in [0.15, 0.2) is 0 Å². The van der Waals surface area contributed by atoms with Crippen molar-refractivity contribution in [2.45, 2.75) is 59.2 Å². The van der Waals surface area contributed by atoms with Crippen molar-refractivity contribution in [1.82, 2.24) is 0 Å². The van der Waals surface area contributed by atoms with Crippen LogP contribution in [-0.2, 0) is 14.3 Å². The van der Waals surface area contributed by atoms with Gasteiger partial charge < -0.3 is 9.47 Å². The predicted octanol–water partition coefficient (Wildman–Crippen LogP) is 3.37. The molecule has 1 saturated carbocycles. The molecule has 5 heteroatoms. The van der Waals surface area contributed by atoms with Crippen LogP contribution in [0.2, 0.25) is 0 Å². The van der Waals surface area contributed by atoms with Gasteiger partial charge >= 0.3 is 12.1 Å². The lowest BCUT2D eigenvalue weighted by Gasteiger charge is -2.39. The van der Waals surface area contributed by atoms with E-state index in [1.807, 2.05) is 20.8 Å². The summed E-state index contributed by atoms with van der Waals surface area (Å²) in [5.41, 5.74) is -0.0346. The maximum atomic E-state index is 13.5. The molecule has 0 aromatic rings. The number of hydrogen-bond donors (Lipinski definition) is 0. The Labute approximate surface area is 107 Å². The first kappa shape index (κ1) is 15.3. The Morgan fingerprint density at radius 3 is 2.50 bits per heavy atom. The monoisotopic (exact) mass is 264 g/mol. The van der Waals surface area contributed by atoms with Crippen LogP contribution in [-0.4, -0.2) is 24.8 Å². The number of rotatable bonds is 4. The molecule has 0 radical (unpaired) electrons. The fourth-order valence-corrected chi connectivity index (χ4v) is 2.82. The summed E-state index contributed by atoms with van der Waals surface area (Å²) in [5, 5.41) is 0. The van der Waals surface area contributed by atoms with Gasteiger partial charge in [0, 0.05) is 0 Å². The van der Waals surface area contributed by atoms with Gasteiger partial charge in [-0.15, -0.1) is 0 Å². The van der Waals surface area contributed by atoms with Crippen molar-refractivity contribution in [1.29, 1.82) is 0 Å². The van der Waals surface area contributed by atoms with Crippen molar-refractivity contribution < 1.29 is 23.0 Å². The highest BCUT2D eigenvalue weighted by Gasteiger charge is 2.46. The summed E-state index contributed by atoms with van der Waals surface area (Å²) in [6.45, 7) is 7.48. The minimum Gasteiger partial charge on any atom is -0.460 e. The number of alkyl halides is 2. The first-order valence-electron chi connectivity index (χ1n) is 6.39. The molecule has 1 aliphatic rings. The molecule has 3 nitrogen and oxygen atoms in total. The fourth-order valence-electron chi connectivity index (χ4n) is 2.82. The normalized spacial score (nSPS) is 27.9. The molecule has 2 unspecified atom stereocenters. The molecule has 0 aromatic heterocycles. The van der Waals surface area contributed by atoms with Gasteiger partial charge in [-0.3, -0.25) is 0 Å². The average molecular weight is 264 g/mol. The van der Waals surface area contributed by atoms with E-state index in [2.05, 4.69) is 4.74 Å². The minimum absolute atomic E-state index is 0.0346. The number of halogens is 2. The Hall–Kier alpha value is -0.710. The largest absolute Gasteiger partial charge is 0.460 e. The molecule has 0 aromatic carbocycles. The summed E-state index contributed by atoms with van der Waals surface area (Å²) < 4.78 is 35.9. The van der Waals surface area contributed by atoms with Gasteiger partial charge in [-0.05, 0) is 37.5 Å². The molecule has 0 spiro atoms. The van der Waals surface area contributed by atoms with Gasteiger partial charge in [0.25, 0.3) is 0 Å². The van der Waals surface area contributed by atoms with Gasteiger partial charge in [-0.25, -0.2) is 4.79 Å². The third-order valence-corrected chi connectivity index (χ3v) is 3.17. The summed E-state index contributed by atoms with van der Waals surface area (Å²) in [5.74, 6) is -1.28. The van der Waals surface area contributed by atoms with Crippen molar-refractivity contribution >= 4 is 5.97 Å². The second kappa shape index (κ2) is 5.51. The molecule has 0 amide bonds. The van der Waals surface area contributed by atoms with Crippen molar-refractivity contribution in [3.63, 3.8) is 0 Å². The van der Waals surface area contributed by atoms with Crippen LogP contribution in [0.4, 0.5) is 8.78 Å².